The number of hydrogen-bond acceptors (Lipinski definition) is 42. The van der Waals surface area contributed by atoms with Crippen LogP contribution in [0.4, 0.5) is 14.4 Å². The van der Waals surface area contributed by atoms with Crippen molar-refractivity contribution < 1.29 is 182 Å². The van der Waals surface area contributed by atoms with Crippen LogP contribution >= 0.6 is 61.4 Å². The Hall–Kier alpha value is -13.7. The number of rotatable bonds is 61. The van der Waals surface area contributed by atoms with E-state index in [0.717, 1.165) is 11.1 Å². The number of aryl methyl sites for hydroxylation is 2. The second kappa shape index (κ2) is 73.4. The number of benzene rings is 3. The molecule has 0 saturated heterocycles. The predicted octanol–water partition coefficient (Wildman–Crippen LogP) is 3.87. The first kappa shape index (κ1) is 120. The maximum Gasteiger partial charge on any atom is 0.413 e. The quantitative estimate of drug-likeness (QED) is 0.0165. The number of unbranched alkanes of at least 4 members (excludes halogenated alkanes) is 2. The summed E-state index contributed by atoms with van der Waals surface area (Å²) in [4.78, 5) is 243. The van der Waals surface area contributed by atoms with Crippen molar-refractivity contribution in [2.24, 2.45) is 0 Å². The summed E-state index contributed by atoms with van der Waals surface area (Å²) in [7, 11) is 0. The number of nitrogens with zero attached hydrogens (tertiary/aromatic N) is 7. The van der Waals surface area contributed by atoms with Crippen molar-refractivity contribution in [3.05, 3.63) is 160 Å². The van der Waals surface area contributed by atoms with E-state index in [1.807, 2.05) is 17.8 Å². The monoisotopic (exact) mass is 1960 g/mol. The minimum Gasteiger partial charge on any atom is -0.481 e. The van der Waals surface area contributed by atoms with Crippen LogP contribution in [-0.4, -0.2) is 272 Å². The molecule has 7 atom stereocenters. The van der Waals surface area contributed by atoms with Crippen LogP contribution in [0.5, 0.6) is 17.2 Å². The number of carbonyl (C=O) groups excluding carboxylic acids is 6. The van der Waals surface area contributed by atoms with Crippen LogP contribution in [0.2, 0.25) is 0 Å². The van der Waals surface area contributed by atoms with Gasteiger partial charge < -0.3 is 116 Å². The van der Waals surface area contributed by atoms with Crippen LogP contribution in [-0.2, 0) is 101 Å². The highest BCUT2D eigenvalue weighted by Crippen LogP contribution is 2.19. The van der Waals surface area contributed by atoms with Crippen LogP contribution in [0.15, 0.2) is 72.8 Å². The highest BCUT2D eigenvalue weighted by Gasteiger charge is 2.27. The number of carboxylic acids is 7. The molecule has 0 radical (unpaired) electrons. The molecule has 3 aromatic rings. The highest BCUT2D eigenvalue weighted by molar-refractivity contribution is 7.98. The van der Waals surface area contributed by atoms with E-state index in [9.17, 15) is 133 Å². The molecule has 57 nitrogen and oxygen atoms in total. The summed E-state index contributed by atoms with van der Waals surface area (Å²) in [5.41, 5.74) is 2.21. The van der Waals surface area contributed by atoms with Gasteiger partial charge in [0.25, 0.3) is 35.6 Å². The maximum absolute atomic E-state index is 11.8. The molecule has 0 aliphatic carbocycles. The lowest BCUT2D eigenvalue weighted by atomic mass is 10.1. The number of carboxylic acid groups (broad SMARTS) is 7. The van der Waals surface area contributed by atoms with E-state index in [1.54, 1.807) is 48.5 Å². The van der Waals surface area contributed by atoms with E-state index in [2.05, 4.69) is 98.3 Å². The Morgan fingerprint density at radius 3 is 0.977 bits per heavy atom. The molecule has 3 rings (SSSR count). The Morgan fingerprint density at radius 2 is 0.662 bits per heavy atom. The highest BCUT2D eigenvalue weighted by atomic mass is 32.2. The third-order valence-corrected chi connectivity index (χ3v) is 17.2. The third kappa shape index (κ3) is 69.5. The summed E-state index contributed by atoms with van der Waals surface area (Å²) < 4.78 is 15.1. The lowest BCUT2D eigenvalue weighted by Gasteiger charge is -2.14. The number of thiol groups is 3. The smallest absolute Gasteiger partial charge is 0.413 e. The molecule has 0 fully saturated rings. The van der Waals surface area contributed by atoms with Gasteiger partial charge in [0, 0.05) is 36.5 Å². The van der Waals surface area contributed by atoms with Crippen molar-refractivity contribution in [2.75, 3.05) is 80.9 Å². The number of thioether (sulfide) groups is 2. The number of hydrogen-bond donors (Lipinski definition) is 16. The Morgan fingerprint density at radius 1 is 0.354 bits per heavy atom. The van der Waals surface area contributed by atoms with Crippen molar-refractivity contribution in [1.82, 2.24) is 31.9 Å². The number of ether oxygens (including phenoxy) is 3. The van der Waals surface area contributed by atoms with Crippen molar-refractivity contribution in [3.63, 3.8) is 0 Å². The second-order valence-corrected chi connectivity index (χ2v) is 27.9. The molecule has 62 heteroatoms. The molecular formula is C68H97N13O44S5. The molecule has 13 N–H and O–H groups in total. The fourth-order valence-corrected chi connectivity index (χ4v) is 10.6. The molecule has 0 aliphatic rings. The minimum absolute atomic E-state index is 0.00299. The summed E-state index contributed by atoms with van der Waals surface area (Å²) in [6.45, 7) is -1.05. The first-order valence-electron chi connectivity index (χ1n) is 37.3. The van der Waals surface area contributed by atoms with Crippen molar-refractivity contribution in [1.29, 1.82) is 0 Å². The zero-order valence-corrected chi connectivity index (χ0v) is 73.1. The molecule has 3 aromatic carbocycles. The van der Waals surface area contributed by atoms with E-state index in [1.165, 1.54) is 47.8 Å². The van der Waals surface area contributed by atoms with Gasteiger partial charge in [-0.2, -0.15) is 61.4 Å². The van der Waals surface area contributed by atoms with E-state index in [-0.39, 0.29) is 125 Å². The predicted molar refractivity (Wildman–Crippen MR) is 451 cm³/mol. The van der Waals surface area contributed by atoms with Crippen molar-refractivity contribution in [2.45, 2.75) is 152 Å². The SMILES string of the molecule is CSCCC(NC(=O)Oc1cccc(CCCO[N+](=O)[O-])c1)C(=O)O.CSCCC(NC(=O)Oc1cccc(CCO[N+](=O)[O-])c1)C(=O)O.O=C(CCCC(CO[N+](=O)[O-])O[N+](=O)[O-])NC(CS)C(=O)O.O=C(CCCCCO[N+](=O)[O-])NC(CS)C(=O)O.O=C(CCCO[N+](=O)[O-])NC(CS)C(=O)O.O=C(O)CC(NC(=O)Oc1cccc(CCCO[N+](=O)[O-])c1)C(=O)O. The number of amides is 6. The summed E-state index contributed by atoms with van der Waals surface area (Å²) in [5, 5.41) is 138. The lowest BCUT2D eigenvalue weighted by molar-refractivity contribution is -0.790. The van der Waals surface area contributed by atoms with Crippen LogP contribution < -0.4 is 46.1 Å². The molecule has 0 bridgehead atoms. The first-order chi connectivity index (χ1) is 61.3. The first-order valence-corrected chi connectivity index (χ1v) is 41.9. The molecular weight excluding hydrogens is 1860 g/mol. The van der Waals surface area contributed by atoms with Gasteiger partial charge in [-0.1, -0.05) is 42.8 Å². The third-order valence-electron chi connectivity index (χ3n) is 14.9. The fraction of sp³-hybridized carbons (Fsp3) is 0.544. The molecule has 130 heavy (non-hydrogen) atoms. The topological polar surface area (TPSA) is 830 Å². The summed E-state index contributed by atoms with van der Waals surface area (Å²) in [6, 6.07) is 12.4. The largest absolute Gasteiger partial charge is 0.481 e. The Bertz CT molecular complexity index is 4100. The summed E-state index contributed by atoms with van der Waals surface area (Å²) in [6.07, 6.45) is 3.24. The Balaban J connectivity index is -0.00000150. The van der Waals surface area contributed by atoms with Gasteiger partial charge in [0.05, 0.1) is 32.8 Å². The van der Waals surface area contributed by atoms with Gasteiger partial charge in [-0.05, 0) is 154 Å². The van der Waals surface area contributed by atoms with Gasteiger partial charge in [0.1, 0.15) is 72.8 Å². The molecule has 6 amide bonds. The van der Waals surface area contributed by atoms with E-state index in [4.69, 9.17) is 50.0 Å². The number of nitrogens with one attached hydrogen (secondary N) is 6. The van der Waals surface area contributed by atoms with Gasteiger partial charge in [-0.15, -0.1) is 70.8 Å². The lowest BCUT2D eigenvalue weighted by Crippen LogP contribution is -2.43. The molecule has 0 spiro atoms. The maximum atomic E-state index is 11.8. The number of carbonyl (C=O) groups is 13. The van der Waals surface area contributed by atoms with Crippen LogP contribution in [0.25, 0.3) is 0 Å². The molecule has 728 valence electrons. The number of aliphatic carboxylic acids is 7. The van der Waals surface area contributed by atoms with Gasteiger partial charge in [-0.25, -0.2) is 43.2 Å². The fourth-order valence-electron chi connectivity index (χ4n) is 8.91. The zero-order chi connectivity index (χ0) is 99.1. The van der Waals surface area contributed by atoms with E-state index in [0.29, 0.717) is 68.4 Å². The molecule has 0 aromatic heterocycles. The minimum atomic E-state index is -1.62. The molecule has 0 saturated carbocycles. The zero-order valence-electron chi connectivity index (χ0n) is 68.8. The molecule has 7 unspecified atom stereocenters. The second-order valence-electron chi connectivity index (χ2n) is 24.8. The molecule has 0 aliphatic heterocycles. The van der Waals surface area contributed by atoms with Crippen LogP contribution in [0, 0.1) is 70.8 Å². The van der Waals surface area contributed by atoms with Gasteiger partial charge in [0.15, 0.2) is 0 Å². The van der Waals surface area contributed by atoms with Gasteiger partial charge in [0.2, 0.25) is 17.7 Å². The molecule has 0 heterocycles. The van der Waals surface area contributed by atoms with Crippen LogP contribution in [0.3, 0.4) is 0 Å². The van der Waals surface area contributed by atoms with Crippen molar-refractivity contribution in [3.8, 4) is 17.2 Å². The summed E-state index contributed by atoms with van der Waals surface area (Å²) in [5.74, 6) is -8.46. The average Bonchev–Trinajstić information content (AvgIpc) is 0.893. The van der Waals surface area contributed by atoms with E-state index >= 15 is 0 Å². The van der Waals surface area contributed by atoms with Gasteiger partial charge >= 0.3 is 60.1 Å². The normalized spacial score (nSPS) is 11.6. The Labute approximate surface area is 759 Å². The van der Waals surface area contributed by atoms with Gasteiger partial charge in [-0.3, -0.25) is 19.2 Å². The van der Waals surface area contributed by atoms with Crippen molar-refractivity contribution >= 4 is 139 Å². The summed E-state index contributed by atoms with van der Waals surface area (Å²) >= 11 is 14.3. The van der Waals surface area contributed by atoms with Crippen LogP contribution in [0.1, 0.15) is 107 Å². The Kier molecular flexibility index (Phi) is 68.0. The standard InChI is InChI=1S/C15H20N2O7S.C14H16N2O9.C14H18N2O7S.C9H15N3O9S.C9H16N2O6S.C7H12N2O6S/c1-25-9-7-13(14(18)19)16-15(20)24-12-6-2-4-11(10-12)5-3-8-23-17(21)22;17-12(18)8-11(13(19)20)15-14(21)25-10-5-1-3-9(7-10)4-2-6-24-16(22)23;1-24-8-6-12(13(17)18)15-14(19)23-11-4-2-3-10(9-11)5-7-22-16(20)21;13-8(10-7(5-22)9(14)15)3-1-2-6(21-12(18)19)4-20-11(16)17;12-8(10-7(6-18)9(13)14)4-2-1-3-5-17-11(15)16;10-6(2-1-3-15-9(13)14)8-5(4-16)7(11)12/h2,4,6,10,13H,3,5,7-9H2,1H3,(H,16,20)(H,18,19);1,3,5,7,11H,2,4,6,8H2,(H,15,21)(H,17,18)(H,19,20);2-4,9,12H,5-8H2,1H3,(H,15,19)(H,17,18);6-7,22H,1-5H2,(H,10,13)(H,14,15);7,18H,1-6H2,(H,10,12)(H,13,14);5,16H,1-4H2,(H,8,10)(H,11,12). The van der Waals surface area contributed by atoms with E-state index < -0.39 is 163 Å². The average molecular weight is 1960 g/mol.